The molecular formula is C6H9N2Y2-. The minimum Gasteiger partial charge on any atom is -0.579 e. The molecule has 10 heavy (non-hydrogen) atoms. The molecule has 1 heterocycles. The third-order valence-electron chi connectivity index (χ3n) is 1.27. The molecule has 0 aliphatic heterocycles. The van der Waals surface area contributed by atoms with Crippen molar-refractivity contribution in [3.05, 3.63) is 17.5 Å². The van der Waals surface area contributed by atoms with Gasteiger partial charge in [0.05, 0.1) is 0 Å². The minimum absolute atomic E-state index is 0. The maximum Gasteiger partial charge on any atom is 0.00542 e. The van der Waals surface area contributed by atoms with Gasteiger partial charge in [-0.05, 0) is 12.0 Å². The van der Waals surface area contributed by atoms with Gasteiger partial charge in [0.25, 0.3) is 0 Å². The van der Waals surface area contributed by atoms with Crippen LogP contribution in [0.1, 0.15) is 18.2 Å². The molecule has 1 aromatic rings. The van der Waals surface area contributed by atoms with Crippen LogP contribution in [0, 0.1) is 6.92 Å². The summed E-state index contributed by atoms with van der Waals surface area (Å²) in [4.78, 5) is 0. The van der Waals surface area contributed by atoms with Gasteiger partial charge in [0.1, 0.15) is 0 Å². The van der Waals surface area contributed by atoms with E-state index in [2.05, 4.69) is 17.1 Å². The molecule has 0 saturated carbocycles. The van der Waals surface area contributed by atoms with Crippen molar-refractivity contribution in [1.82, 2.24) is 10.2 Å². The number of rotatable bonds is 1. The Morgan fingerprint density at radius 2 is 2.10 bits per heavy atom. The summed E-state index contributed by atoms with van der Waals surface area (Å²) in [6.07, 6.45) is 2.86. The first-order chi connectivity index (χ1) is 3.84. The number of aryl methyl sites for hydroxylation is 2. The van der Waals surface area contributed by atoms with Crippen molar-refractivity contribution in [2.45, 2.75) is 20.3 Å². The van der Waals surface area contributed by atoms with Gasteiger partial charge in [-0.1, -0.05) is 13.8 Å². The Kier molecular flexibility index (Phi) is 9.90. The Balaban J connectivity index is 0. The Morgan fingerprint density at radius 1 is 1.50 bits per heavy atom. The van der Waals surface area contributed by atoms with Crippen molar-refractivity contribution in [2.24, 2.45) is 0 Å². The second-order valence-corrected chi connectivity index (χ2v) is 1.81. The molecule has 4 heteroatoms. The molecule has 0 aliphatic carbocycles. The number of nitrogens with zero attached hydrogens (tertiary/aromatic N) is 2. The van der Waals surface area contributed by atoms with Gasteiger partial charge in [-0.25, -0.2) is 0 Å². The van der Waals surface area contributed by atoms with Crippen LogP contribution in [0.15, 0.2) is 6.20 Å². The summed E-state index contributed by atoms with van der Waals surface area (Å²) in [6.45, 7) is 4.08. The third-order valence-corrected chi connectivity index (χ3v) is 1.27. The van der Waals surface area contributed by atoms with Crippen LogP contribution < -0.4 is 5.10 Å². The molecule has 1 aromatic heterocycles. The second-order valence-electron chi connectivity index (χ2n) is 1.81. The van der Waals surface area contributed by atoms with Gasteiger partial charge in [-0.3, -0.25) is 0 Å². The van der Waals surface area contributed by atoms with E-state index in [1.807, 2.05) is 13.1 Å². The molecular weight excluding hydrogens is 278 g/mol. The monoisotopic (exact) mass is 287 g/mol. The Bertz CT molecular complexity index is 174. The van der Waals surface area contributed by atoms with Crippen LogP contribution in [0.4, 0.5) is 0 Å². The summed E-state index contributed by atoms with van der Waals surface area (Å²) in [5.41, 5.74) is 2.32. The largest absolute Gasteiger partial charge is 0.579 e. The summed E-state index contributed by atoms with van der Waals surface area (Å²) >= 11 is 0. The molecule has 1 rings (SSSR count). The second kappa shape index (κ2) is 7.09. The van der Waals surface area contributed by atoms with Crippen LogP contribution in [0.2, 0.25) is 0 Å². The van der Waals surface area contributed by atoms with Gasteiger partial charge in [0.2, 0.25) is 0 Å². The average Bonchev–Trinajstić information content (AvgIpc) is 2.14. The van der Waals surface area contributed by atoms with Crippen molar-refractivity contribution in [1.29, 1.82) is 0 Å². The maximum absolute atomic E-state index is 3.84. The molecule has 2 nitrogen and oxygen atoms in total. The van der Waals surface area contributed by atoms with Crippen molar-refractivity contribution in [2.75, 3.05) is 0 Å². The SMILES string of the molecule is CCc1cn[n-]c1C.[Y].[Y]. The number of aromatic nitrogens is 2. The molecule has 0 saturated heterocycles. The molecule has 50 valence electrons. The predicted octanol–water partition coefficient (Wildman–Crippen LogP) is 0.905. The zero-order chi connectivity index (χ0) is 5.98. The molecule has 0 spiro atoms. The van der Waals surface area contributed by atoms with Gasteiger partial charge in [-0.15, -0.1) is 5.69 Å². The fourth-order valence-electron chi connectivity index (χ4n) is 0.690. The van der Waals surface area contributed by atoms with Crippen LogP contribution in [0.3, 0.4) is 0 Å². The summed E-state index contributed by atoms with van der Waals surface area (Å²) in [5.74, 6) is 0. The standard InChI is InChI=1S/C6H9N2.2Y/c1-3-6-4-7-8-5(6)2;;/h4H,3H2,1-2H3;;/q-1;;. The van der Waals surface area contributed by atoms with Gasteiger partial charge >= 0.3 is 0 Å². The van der Waals surface area contributed by atoms with E-state index in [1.54, 1.807) is 0 Å². The molecule has 0 fully saturated rings. The molecule has 0 bridgehead atoms. The van der Waals surface area contributed by atoms with Crippen molar-refractivity contribution in [3.8, 4) is 0 Å². The first-order valence-electron chi connectivity index (χ1n) is 2.78. The van der Waals surface area contributed by atoms with Gasteiger partial charge in [0.15, 0.2) is 0 Å². The first-order valence-corrected chi connectivity index (χ1v) is 2.78. The predicted molar refractivity (Wildman–Crippen MR) is 31.7 cm³/mol. The normalized spacial score (nSPS) is 7.80. The molecule has 0 aromatic carbocycles. The quantitative estimate of drug-likeness (QED) is 0.767. The van der Waals surface area contributed by atoms with Crippen molar-refractivity contribution >= 4 is 0 Å². The van der Waals surface area contributed by atoms with Crippen molar-refractivity contribution < 1.29 is 65.4 Å². The van der Waals surface area contributed by atoms with Crippen LogP contribution in [-0.4, -0.2) is 5.10 Å². The van der Waals surface area contributed by atoms with Crippen LogP contribution in [0.25, 0.3) is 0 Å². The molecule has 0 atom stereocenters. The fraction of sp³-hybridized carbons (Fsp3) is 0.500. The van der Waals surface area contributed by atoms with E-state index in [-0.39, 0.29) is 65.4 Å². The molecule has 2 radical (unpaired) electrons. The smallest absolute Gasteiger partial charge is 0.00542 e. The number of hydrogen-bond donors (Lipinski definition) is 0. The fourth-order valence-corrected chi connectivity index (χ4v) is 0.690. The van der Waals surface area contributed by atoms with E-state index in [0.717, 1.165) is 12.1 Å². The zero-order valence-electron chi connectivity index (χ0n) is 6.33. The Hall–Kier alpha value is 1.42. The summed E-state index contributed by atoms with van der Waals surface area (Å²) in [7, 11) is 0. The molecule has 0 amide bonds. The van der Waals surface area contributed by atoms with E-state index >= 15 is 0 Å². The van der Waals surface area contributed by atoms with E-state index in [0.29, 0.717) is 0 Å². The summed E-state index contributed by atoms with van der Waals surface area (Å²) in [6, 6.07) is 0. The van der Waals surface area contributed by atoms with Crippen LogP contribution >= 0.6 is 0 Å². The summed E-state index contributed by atoms with van der Waals surface area (Å²) < 4.78 is 0. The van der Waals surface area contributed by atoms with Crippen LogP contribution in [0.5, 0.6) is 0 Å². The van der Waals surface area contributed by atoms with Gasteiger partial charge in [0, 0.05) is 71.6 Å². The van der Waals surface area contributed by atoms with Gasteiger partial charge < -0.3 is 10.2 Å². The average molecular weight is 287 g/mol. The number of hydrogen-bond acceptors (Lipinski definition) is 1. The van der Waals surface area contributed by atoms with E-state index in [1.165, 1.54) is 5.56 Å². The van der Waals surface area contributed by atoms with Gasteiger partial charge in [-0.2, -0.15) is 0 Å². The van der Waals surface area contributed by atoms with Crippen molar-refractivity contribution in [3.63, 3.8) is 0 Å². The molecule has 0 N–H and O–H groups in total. The van der Waals surface area contributed by atoms with E-state index in [4.69, 9.17) is 0 Å². The Morgan fingerprint density at radius 3 is 2.30 bits per heavy atom. The van der Waals surface area contributed by atoms with Crippen LogP contribution in [-0.2, 0) is 71.8 Å². The maximum atomic E-state index is 3.84. The van der Waals surface area contributed by atoms with E-state index < -0.39 is 0 Å². The minimum atomic E-state index is 0. The molecule has 0 unspecified atom stereocenters. The Labute approximate surface area is 112 Å². The zero-order valence-corrected chi connectivity index (χ0v) is 12.0. The third kappa shape index (κ3) is 3.71. The van der Waals surface area contributed by atoms with E-state index in [9.17, 15) is 0 Å². The topological polar surface area (TPSA) is 27.0 Å². The molecule has 0 aliphatic rings. The summed E-state index contributed by atoms with van der Waals surface area (Å²) in [5, 5.41) is 7.58. The first kappa shape index (κ1) is 14.0.